The van der Waals surface area contributed by atoms with Crippen molar-refractivity contribution >= 4 is 0 Å². The van der Waals surface area contributed by atoms with Crippen LogP contribution in [0.5, 0.6) is 0 Å². The van der Waals surface area contributed by atoms with Crippen LogP contribution in [0.3, 0.4) is 0 Å². The molecule has 1 fully saturated rings. The Labute approximate surface area is 91.6 Å². The van der Waals surface area contributed by atoms with E-state index in [1.54, 1.807) is 0 Å². The molecule has 90 valence electrons. The highest BCUT2D eigenvalue weighted by Crippen LogP contribution is 2.20. The summed E-state index contributed by atoms with van der Waals surface area (Å²) in [6.45, 7) is 3.85. The molecule has 0 aromatic heterocycles. The minimum Gasteiger partial charge on any atom is -0.395 e. The van der Waals surface area contributed by atoms with Gasteiger partial charge in [-0.1, -0.05) is 0 Å². The van der Waals surface area contributed by atoms with Crippen LogP contribution in [-0.4, -0.2) is 48.7 Å². The first-order chi connectivity index (χ1) is 7.26. The zero-order valence-electron chi connectivity index (χ0n) is 9.48. The lowest BCUT2D eigenvalue weighted by atomic mass is 9.93. The molecule has 4 nitrogen and oxygen atoms in total. The Balaban J connectivity index is 2.18. The van der Waals surface area contributed by atoms with Gasteiger partial charge in [0.15, 0.2) is 0 Å². The Hall–Kier alpha value is -0.160. The van der Waals surface area contributed by atoms with Gasteiger partial charge in [0, 0.05) is 19.3 Å². The van der Waals surface area contributed by atoms with Crippen LogP contribution in [-0.2, 0) is 4.74 Å². The summed E-state index contributed by atoms with van der Waals surface area (Å²) in [5.41, 5.74) is 0. The van der Waals surface area contributed by atoms with Crippen molar-refractivity contribution in [2.45, 2.75) is 38.3 Å². The van der Waals surface area contributed by atoms with E-state index >= 15 is 0 Å². The normalized spacial score (nSPS) is 20.8. The van der Waals surface area contributed by atoms with Gasteiger partial charge < -0.3 is 20.3 Å². The molecule has 0 aromatic carbocycles. The van der Waals surface area contributed by atoms with Crippen molar-refractivity contribution in [1.29, 1.82) is 0 Å². The molecule has 1 rings (SSSR count). The van der Waals surface area contributed by atoms with Crippen molar-refractivity contribution in [1.82, 2.24) is 5.32 Å². The van der Waals surface area contributed by atoms with Gasteiger partial charge in [-0.3, -0.25) is 0 Å². The number of hydrogen-bond acceptors (Lipinski definition) is 4. The molecule has 0 saturated carbocycles. The molecule has 1 heterocycles. The molecule has 1 atom stereocenters. The zero-order chi connectivity index (χ0) is 11.1. The van der Waals surface area contributed by atoms with E-state index in [1.165, 1.54) is 0 Å². The van der Waals surface area contributed by atoms with Gasteiger partial charge in [0.1, 0.15) is 0 Å². The Morgan fingerprint density at radius 2 is 1.87 bits per heavy atom. The van der Waals surface area contributed by atoms with Crippen molar-refractivity contribution in [2.24, 2.45) is 5.92 Å². The largest absolute Gasteiger partial charge is 0.395 e. The van der Waals surface area contributed by atoms with Crippen LogP contribution in [0.15, 0.2) is 0 Å². The molecule has 0 spiro atoms. The van der Waals surface area contributed by atoms with E-state index in [1.807, 2.05) is 0 Å². The van der Waals surface area contributed by atoms with Crippen molar-refractivity contribution in [3.05, 3.63) is 0 Å². The third kappa shape index (κ3) is 4.93. The van der Waals surface area contributed by atoms with Gasteiger partial charge >= 0.3 is 0 Å². The lowest BCUT2D eigenvalue weighted by Crippen LogP contribution is -2.42. The molecule has 1 unspecified atom stereocenters. The fraction of sp³-hybridized carbons (Fsp3) is 1.00. The maximum absolute atomic E-state index is 8.94. The standard InChI is InChI=1S/C11H23NO3/c1-9(12-11(7-13)8-14)6-10-2-4-15-5-3-10/h9-14H,2-8H2,1H3. The van der Waals surface area contributed by atoms with Crippen LogP contribution in [0.1, 0.15) is 26.2 Å². The topological polar surface area (TPSA) is 61.7 Å². The predicted molar refractivity (Wildman–Crippen MR) is 58.7 cm³/mol. The Kier molecular flexibility index (Phi) is 6.17. The maximum Gasteiger partial charge on any atom is 0.0607 e. The van der Waals surface area contributed by atoms with Gasteiger partial charge in [-0.15, -0.1) is 0 Å². The number of aliphatic hydroxyl groups excluding tert-OH is 2. The highest BCUT2D eigenvalue weighted by molar-refractivity contribution is 4.74. The lowest BCUT2D eigenvalue weighted by Gasteiger charge is -2.27. The molecule has 1 aliphatic heterocycles. The zero-order valence-corrected chi connectivity index (χ0v) is 9.48. The molecule has 0 aromatic rings. The minimum atomic E-state index is -0.181. The predicted octanol–water partition coefficient (Wildman–Crippen LogP) is 0.134. The summed E-state index contributed by atoms with van der Waals surface area (Å²) >= 11 is 0. The van der Waals surface area contributed by atoms with Crippen molar-refractivity contribution < 1.29 is 14.9 Å². The average molecular weight is 217 g/mol. The van der Waals surface area contributed by atoms with Crippen molar-refractivity contribution in [3.8, 4) is 0 Å². The van der Waals surface area contributed by atoms with Crippen LogP contribution in [0.4, 0.5) is 0 Å². The number of rotatable bonds is 6. The summed E-state index contributed by atoms with van der Waals surface area (Å²) in [4.78, 5) is 0. The number of nitrogens with one attached hydrogen (secondary N) is 1. The fourth-order valence-electron chi connectivity index (χ4n) is 2.12. The van der Waals surface area contributed by atoms with E-state index in [9.17, 15) is 0 Å². The Bertz CT molecular complexity index is 156. The third-order valence-electron chi connectivity index (χ3n) is 2.99. The minimum absolute atomic E-state index is 0.00534. The smallest absolute Gasteiger partial charge is 0.0607 e. The molecule has 0 amide bonds. The van der Waals surface area contributed by atoms with E-state index in [4.69, 9.17) is 14.9 Å². The second-order valence-corrected chi connectivity index (χ2v) is 4.42. The van der Waals surface area contributed by atoms with E-state index in [-0.39, 0.29) is 19.3 Å². The number of aliphatic hydroxyl groups is 2. The highest BCUT2D eigenvalue weighted by atomic mass is 16.5. The summed E-state index contributed by atoms with van der Waals surface area (Å²) in [6, 6.07) is 0.164. The second kappa shape index (κ2) is 7.17. The molecular weight excluding hydrogens is 194 g/mol. The summed E-state index contributed by atoms with van der Waals surface area (Å²) in [7, 11) is 0. The molecule has 0 radical (unpaired) electrons. The van der Waals surface area contributed by atoms with E-state index in [0.29, 0.717) is 6.04 Å². The molecule has 1 aliphatic rings. The SMILES string of the molecule is CC(CC1CCOCC1)NC(CO)CO. The van der Waals surface area contributed by atoms with E-state index < -0.39 is 0 Å². The molecule has 3 N–H and O–H groups in total. The second-order valence-electron chi connectivity index (χ2n) is 4.42. The van der Waals surface area contributed by atoms with Crippen LogP contribution in [0, 0.1) is 5.92 Å². The van der Waals surface area contributed by atoms with Gasteiger partial charge in [0.2, 0.25) is 0 Å². The third-order valence-corrected chi connectivity index (χ3v) is 2.99. The van der Waals surface area contributed by atoms with E-state index in [2.05, 4.69) is 12.2 Å². The first-order valence-electron chi connectivity index (χ1n) is 5.81. The summed E-state index contributed by atoms with van der Waals surface area (Å²) < 4.78 is 5.30. The van der Waals surface area contributed by atoms with Crippen LogP contribution >= 0.6 is 0 Å². The van der Waals surface area contributed by atoms with Crippen molar-refractivity contribution in [2.75, 3.05) is 26.4 Å². The maximum atomic E-state index is 8.94. The summed E-state index contributed by atoms with van der Waals surface area (Å²) in [5, 5.41) is 21.1. The molecule has 1 saturated heterocycles. The van der Waals surface area contributed by atoms with Gasteiger partial charge in [-0.2, -0.15) is 0 Å². The first kappa shape index (κ1) is 12.9. The highest BCUT2D eigenvalue weighted by Gasteiger charge is 2.18. The molecule has 4 heteroatoms. The van der Waals surface area contributed by atoms with Gasteiger partial charge in [0.25, 0.3) is 0 Å². The monoisotopic (exact) mass is 217 g/mol. The number of ether oxygens (including phenoxy) is 1. The summed E-state index contributed by atoms with van der Waals surface area (Å²) in [6.07, 6.45) is 3.36. The van der Waals surface area contributed by atoms with Crippen LogP contribution in [0.25, 0.3) is 0 Å². The first-order valence-corrected chi connectivity index (χ1v) is 5.81. The lowest BCUT2D eigenvalue weighted by molar-refractivity contribution is 0.0594. The summed E-state index contributed by atoms with van der Waals surface area (Å²) in [5.74, 6) is 0.722. The molecule has 15 heavy (non-hydrogen) atoms. The van der Waals surface area contributed by atoms with Crippen LogP contribution < -0.4 is 5.32 Å². The van der Waals surface area contributed by atoms with Gasteiger partial charge in [0.05, 0.1) is 19.3 Å². The molecule has 0 aliphatic carbocycles. The van der Waals surface area contributed by atoms with Crippen molar-refractivity contribution in [3.63, 3.8) is 0 Å². The quantitative estimate of drug-likeness (QED) is 0.592. The Morgan fingerprint density at radius 1 is 1.27 bits per heavy atom. The Morgan fingerprint density at radius 3 is 2.40 bits per heavy atom. The fourth-order valence-corrected chi connectivity index (χ4v) is 2.12. The van der Waals surface area contributed by atoms with Crippen LogP contribution in [0.2, 0.25) is 0 Å². The molecular formula is C11H23NO3. The van der Waals surface area contributed by atoms with Gasteiger partial charge in [-0.25, -0.2) is 0 Å². The molecule has 0 bridgehead atoms. The number of hydrogen-bond donors (Lipinski definition) is 3. The average Bonchev–Trinajstić information content (AvgIpc) is 2.27. The van der Waals surface area contributed by atoms with Gasteiger partial charge in [-0.05, 0) is 32.1 Å². The van der Waals surface area contributed by atoms with E-state index in [0.717, 1.165) is 38.4 Å².